The van der Waals surface area contributed by atoms with E-state index in [1.807, 2.05) is 87.7 Å². The number of carbonyl (C=O) groups excluding carboxylic acids is 4. The third-order valence-corrected chi connectivity index (χ3v) is 12.4. The van der Waals surface area contributed by atoms with E-state index < -0.39 is 41.5 Å². The number of fused-ring (bicyclic) bond motifs is 3. The summed E-state index contributed by atoms with van der Waals surface area (Å²) < 4.78 is 13.3. The van der Waals surface area contributed by atoms with Gasteiger partial charge in [0.25, 0.3) is 0 Å². The lowest BCUT2D eigenvalue weighted by Crippen LogP contribution is -2.58. The summed E-state index contributed by atoms with van der Waals surface area (Å²) in [5, 5.41) is 29.5. The van der Waals surface area contributed by atoms with Crippen LogP contribution >= 0.6 is 22.9 Å². The smallest absolute Gasteiger partial charge is 0.246 e. The number of carbonyl (C=O) groups is 4. The Bertz CT molecular complexity index is 2270. The second kappa shape index (κ2) is 20.5. The first-order valence-electron chi connectivity index (χ1n) is 20.9. The zero-order valence-electron chi connectivity index (χ0n) is 36.4. The SMILES string of the molecule is Cc1ccc(CNC(=O)[C@@H]2C[C@@H](O)CN2C(=O)[C@@H](NC(=O)COCCCOCCNC(=O)CC2N=C(c3ccc(Cl)cc3)c3c(sc(C)c3C)-n3c(C)nnc32)C(C)(C)C)cc1. The molecule has 2 aromatic carbocycles. The summed E-state index contributed by atoms with van der Waals surface area (Å²) in [6.07, 6.45) is -0.196. The topological polar surface area (TPSA) is 189 Å². The highest BCUT2D eigenvalue weighted by Crippen LogP contribution is 2.39. The second-order valence-electron chi connectivity index (χ2n) is 16.9. The Morgan fingerprint density at radius 3 is 2.35 bits per heavy atom. The molecule has 4 amide bonds. The molecule has 2 aliphatic rings. The number of rotatable bonds is 17. The minimum absolute atomic E-state index is 0.00911. The molecule has 0 spiro atoms. The van der Waals surface area contributed by atoms with E-state index in [-0.39, 0.29) is 57.6 Å². The Balaban J connectivity index is 0.929. The maximum Gasteiger partial charge on any atom is 0.246 e. The molecule has 17 heteroatoms. The van der Waals surface area contributed by atoms with Gasteiger partial charge in [-0.05, 0) is 62.8 Å². The highest BCUT2D eigenvalue weighted by Gasteiger charge is 2.44. The lowest BCUT2D eigenvalue weighted by Gasteiger charge is -2.35. The van der Waals surface area contributed by atoms with Gasteiger partial charge in [-0.2, -0.15) is 0 Å². The Labute approximate surface area is 371 Å². The average Bonchev–Trinajstić information content (AvgIpc) is 3.87. The van der Waals surface area contributed by atoms with Gasteiger partial charge < -0.3 is 35.4 Å². The number of likely N-dealkylation sites (tertiary alicyclic amines) is 1. The van der Waals surface area contributed by atoms with Crippen LogP contribution in [0.2, 0.25) is 5.02 Å². The highest BCUT2D eigenvalue weighted by molar-refractivity contribution is 7.15. The summed E-state index contributed by atoms with van der Waals surface area (Å²) in [5.41, 5.74) is 5.11. The van der Waals surface area contributed by atoms with Crippen LogP contribution in [0, 0.1) is 33.1 Å². The van der Waals surface area contributed by atoms with Gasteiger partial charge in [0, 0.05) is 60.3 Å². The van der Waals surface area contributed by atoms with Crippen molar-refractivity contribution in [3.8, 4) is 5.00 Å². The summed E-state index contributed by atoms with van der Waals surface area (Å²) in [5.74, 6) is -0.169. The fourth-order valence-electron chi connectivity index (χ4n) is 7.51. The number of ether oxygens (including phenoxy) is 2. The number of aliphatic hydroxyl groups excluding tert-OH is 1. The Kier molecular flexibility index (Phi) is 15.3. The van der Waals surface area contributed by atoms with Crippen molar-refractivity contribution < 1.29 is 33.8 Å². The molecule has 2 aliphatic heterocycles. The number of hydrogen-bond donors (Lipinski definition) is 4. The van der Waals surface area contributed by atoms with Gasteiger partial charge in [0.1, 0.15) is 35.6 Å². The molecule has 4 N–H and O–H groups in total. The van der Waals surface area contributed by atoms with Crippen molar-refractivity contribution in [1.29, 1.82) is 0 Å². The Morgan fingerprint density at radius 1 is 0.935 bits per heavy atom. The van der Waals surface area contributed by atoms with Crippen molar-refractivity contribution in [2.24, 2.45) is 10.4 Å². The number of aliphatic imine (C=N–C) groups is 1. The molecule has 0 bridgehead atoms. The first-order valence-corrected chi connectivity index (χ1v) is 22.1. The first kappa shape index (κ1) is 46.5. The number of benzene rings is 2. The lowest BCUT2D eigenvalue weighted by atomic mass is 9.85. The number of β-amino-alcohol motifs (C(OH)–C–C–N with tert-alkyl or cyclic N) is 1. The molecule has 1 saturated heterocycles. The highest BCUT2D eigenvalue weighted by atomic mass is 35.5. The molecule has 0 saturated carbocycles. The second-order valence-corrected chi connectivity index (χ2v) is 18.6. The zero-order chi connectivity index (χ0) is 44.7. The molecule has 2 aromatic heterocycles. The molecular weight excluding hydrogens is 832 g/mol. The van der Waals surface area contributed by atoms with Crippen LogP contribution in [-0.4, -0.2) is 112 Å². The quantitative estimate of drug-likeness (QED) is 0.108. The molecule has 4 atom stereocenters. The van der Waals surface area contributed by atoms with Crippen LogP contribution < -0.4 is 16.0 Å². The lowest BCUT2D eigenvalue weighted by molar-refractivity contribution is -0.144. The molecule has 62 heavy (non-hydrogen) atoms. The van der Waals surface area contributed by atoms with Crippen LogP contribution in [-0.2, 0) is 35.2 Å². The number of aromatic nitrogens is 3. The third-order valence-electron chi connectivity index (χ3n) is 11.0. The van der Waals surface area contributed by atoms with Gasteiger partial charge >= 0.3 is 0 Å². The standard InChI is InChI=1S/C45H57ClN8O7S/c1-26-9-11-30(12-10-26)23-48-42(58)35-21-33(55)24-53(35)43(59)40(45(5,6)7)50-37(57)25-61-19-8-18-60-20-17-47-36(56)22-34-41-52-51-29(4)54(41)44-38(27(2)28(3)62-44)39(49-34)31-13-15-32(46)16-14-31/h9-16,33-35,40,55H,8,17-25H2,1-7H3,(H,47,56)(H,48,58)(H,50,57)/t33-,34?,35+,40-/m1/s1. The maximum absolute atomic E-state index is 13.9. The van der Waals surface area contributed by atoms with Gasteiger partial charge in [0.2, 0.25) is 23.6 Å². The van der Waals surface area contributed by atoms with E-state index in [0.717, 1.165) is 43.4 Å². The molecule has 15 nitrogen and oxygen atoms in total. The molecule has 332 valence electrons. The van der Waals surface area contributed by atoms with Crippen molar-refractivity contribution in [1.82, 2.24) is 35.6 Å². The normalized spacial score (nSPS) is 17.7. The third kappa shape index (κ3) is 11.3. The molecule has 4 heterocycles. The number of aliphatic hydroxyl groups is 1. The van der Waals surface area contributed by atoms with Crippen LogP contribution in [0.3, 0.4) is 0 Å². The van der Waals surface area contributed by atoms with E-state index in [1.165, 1.54) is 4.90 Å². The van der Waals surface area contributed by atoms with Crippen molar-refractivity contribution in [2.45, 2.75) is 98.5 Å². The average molecular weight is 890 g/mol. The number of aryl methyl sites for hydroxylation is 3. The summed E-state index contributed by atoms with van der Waals surface area (Å²) in [7, 11) is 0. The van der Waals surface area contributed by atoms with Crippen molar-refractivity contribution in [3.63, 3.8) is 0 Å². The molecule has 0 aliphatic carbocycles. The van der Waals surface area contributed by atoms with Gasteiger partial charge in [-0.25, -0.2) is 0 Å². The molecule has 4 aromatic rings. The zero-order valence-corrected chi connectivity index (χ0v) is 38.0. The van der Waals surface area contributed by atoms with Crippen molar-refractivity contribution >= 4 is 52.3 Å². The Hall–Kier alpha value is -5.00. The largest absolute Gasteiger partial charge is 0.391 e. The molecule has 1 fully saturated rings. The fraction of sp³-hybridized carbons (Fsp3) is 0.489. The molecule has 1 unspecified atom stereocenters. The first-order chi connectivity index (χ1) is 29.5. The number of halogens is 1. The molecule has 0 radical (unpaired) electrons. The van der Waals surface area contributed by atoms with Crippen LogP contribution in [0.1, 0.15) is 90.4 Å². The minimum Gasteiger partial charge on any atom is -0.391 e. The van der Waals surface area contributed by atoms with Crippen LogP contribution in [0.15, 0.2) is 53.5 Å². The summed E-state index contributed by atoms with van der Waals surface area (Å²) >= 11 is 7.87. The van der Waals surface area contributed by atoms with E-state index in [4.69, 9.17) is 26.1 Å². The van der Waals surface area contributed by atoms with E-state index in [1.54, 1.807) is 11.3 Å². The van der Waals surface area contributed by atoms with E-state index in [0.29, 0.717) is 36.2 Å². The maximum atomic E-state index is 13.9. The molecular formula is C45H57ClN8O7S. The number of amides is 4. The van der Waals surface area contributed by atoms with Gasteiger partial charge in [0.05, 0.1) is 24.8 Å². The van der Waals surface area contributed by atoms with Gasteiger partial charge in [0.15, 0.2) is 5.82 Å². The van der Waals surface area contributed by atoms with Crippen LogP contribution in [0.25, 0.3) is 5.00 Å². The summed E-state index contributed by atoms with van der Waals surface area (Å²) in [6.45, 7) is 14.7. The fourth-order valence-corrected chi connectivity index (χ4v) is 8.85. The van der Waals surface area contributed by atoms with Gasteiger partial charge in [-0.15, -0.1) is 21.5 Å². The Morgan fingerprint density at radius 2 is 1.65 bits per heavy atom. The monoisotopic (exact) mass is 888 g/mol. The number of nitrogens with one attached hydrogen (secondary N) is 3. The minimum atomic E-state index is -0.959. The van der Waals surface area contributed by atoms with Crippen LogP contribution in [0.4, 0.5) is 0 Å². The van der Waals surface area contributed by atoms with Gasteiger partial charge in [-0.3, -0.25) is 28.7 Å². The van der Waals surface area contributed by atoms with Crippen molar-refractivity contribution in [3.05, 3.63) is 97.9 Å². The van der Waals surface area contributed by atoms with E-state index in [2.05, 4.69) is 40.0 Å². The number of thiophene rings is 1. The number of nitrogens with zero attached hydrogens (tertiary/aromatic N) is 5. The summed E-state index contributed by atoms with van der Waals surface area (Å²) in [6, 6.07) is 12.9. The van der Waals surface area contributed by atoms with E-state index in [9.17, 15) is 24.3 Å². The van der Waals surface area contributed by atoms with E-state index >= 15 is 0 Å². The van der Waals surface area contributed by atoms with Crippen molar-refractivity contribution in [2.75, 3.05) is 39.5 Å². The molecule has 6 rings (SSSR count). The van der Waals surface area contributed by atoms with Crippen LogP contribution in [0.5, 0.6) is 0 Å². The predicted molar refractivity (Wildman–Crippen MR) is 238 cm³/mol. The number of hydrogen-bond acceptors (Lipinski definition) is 11. The summed E-state index contributed by atoms with van der Waals surface area (Å²) in [4.78, 5) is 61.0. The van der Waals surface area contributed by atoms with Gasteiger partial charge in [-0.1, -0.05) is 74.3 Å². The predicted octanol–water partition coefficient (Wildman–Crippen LogP) is 4.85.